The third kappa shape index (κ3) is 5.14. The molecular formula is C33H44N2O6. The van der Waals surface area contributed by atoms with Crippen molar-refractivity contribution < 1.29 is 29.0 Å². The number of benzene rings is 1. The number of aliphatic hydroxyl groups excluding tert-OH is 1. The fourth-order valence-electron chi connectivity index (χ4n) is 7.97. The predicted octanol–water partition coefficient (Wildman–Crippen LogP) is 3.82. The zero-order valence-electron chi connectivity index (χ0n) is 24.2. The van der Waals surface area contributed by atoms with Crippen LogP contribution < -0.4 is 0 Å². The molecule has 0 radical (unpaired) electrons. The van der Waals surface area contributed by atoms with E-state index in [4.69, 9.17) is 9.47 Å². The lowest BCUT2D eigenvalue weighted by Gasteiger charge is -2.42. The van der Waals surface area contributed by atoms with Crippen LogP contribution in [0.15, 0.2) is 55.6 Å². The third-order valence-electron chi connectivity index (χ3n) is 9.81. The van der Waals surface area contributed by atoms with E-state index in [9.17, 15) is 19.5 Å². The van der Waals surface area contributed by atoms with Crippen molar-refractivity contribution in [1.29, 1.82) is 0 Å². The molecule has 2 unspecified atom stereocenters. The van der Waals surface area contributed by atoms with Crippen LogP contribution in [0.3, 0.4) is 0 Å². The molecule has 4 fully saturated rings. The summed E-state index contributed by atoms with van der Waals surface area (Å²) in [6.45, 7) is 9.72. The van der Waals surface area contributed by atoms with Crippen molar-refractivity contribution in [2.24, 2.45) is 11.8 Å². The highest BCUT2D eigenvalue weighted by atomic mass is 16.6. The molecule has 2 amide bonds. The van der Waals surface area contributed by atoms with E-state index in [-0.39, 0.29) is 31.1 Å². The van der Waals surface area contributed by atoms with Crippen molar-refractivity contribution in [3.8, 4) is 0 Å². The number of carbonyl (C=O) groups is 3. The molecule has 4 aliphatic rings. The van der Waals surface area contributed by atoms with E-state index < -0.39 is 41.1 Å². The van der Waals surface area contributed by atoms with Gasteiger partial charge in [0.15, 0.2) is 0 Å². The van der Waals surface area contributed by atoms with Crippen LogP contribution in [0, 0.1) is 11.8 Å². The minimum Gasteiger partial charge on any atom is -0.465 e. The van der Waals surface area contributed by atoms with Gasteiger partial charge in [0.25, 0.3) is 0 Å². The molecule has 3 saturated heterocycles. The molecule has 222 valence electrons. The first kappa shape index (κ1) is 29.5. The number of hydrogen-bond acceptors (Lipinski definition) is 6. The van der Waals surface area contributed by atoms with E-state index in [0.29, 0.717) is 32.2 Å². The van der Waals surface area contributed by atoms with Gasteiger partial charge in [-0.25, -0.2) is 0 Å². The number of nitrogens with zero attached hydrogens (tertiary/aromatic N) is 2. The largest absolute Gasteiger partial charge is 0.465 e. The summed E-state index contributed by atoms with van der Waals surface area (Å²) >= 11 is 0. The lowest BCUT2D eigenvalue weighted by molar-refractivity contribution is -0.162. The van der Waals surface area contributed by atoms with Crippen LogP contribution in [0.2, 0.25) is 0 Å². The molecule has 3 aliphatic heterocycles. The van der Waals surface area contributed by atoms with Crippen molar-refractivity contribution in [2.75, 3.05) is 19.8 Å². The molecule has 1 N–H and O–H groups in total. The van der Waals surface area contributed by atoms with Crippen molar-refractivity contribution in [2.45, 2.75) is 94.0 Å². The second-order valence-corrected chi connectivity index (χ2v) is 12.3. The smallest absolute Gasteiger partial charge is 0.312 e. The maximum absolute atomic E-state index is 14.8. The van der Waals surface area contributed by atoms with Gasteiger partial charge in [-0.2, -0.15) is 0 Å². The summed E-state index contributed by atoms with van der Waals surface area (Å²) in [5.41, 5.74) is -1.12. The quantitative estimate of drug-likeness (QED) is 0.236. The molecule has 8 heteroatoms. The molecule has 0 aromatic heterocycles. The minimum absolute atomic E-state index is 0.0530. The number of aliphatic hydroxyl groups is 1. The molecule has 1 spiro atoms. The summed E-state index contributed by atoms with van der Waals surface area (Å²) in [4.78, 5) is 46.3. The Morgan fingerprint density at radius 3 is 2.56 bits per heavy atom. The van der Waals surface area contributed by atoms with Crippen molar-refractivity contribution >= 4 is 17.8 Å². The van der Waals surface area contributed by atoms with Crippen LogP contribution in [0.1, 0.15) is 63.9 Å². The highest BCUT2D eigenvalue weighted by Crippen LogP contribution is 2.64. The second kappa shape index (κ2) is 12.1. The van der Waals surface area contributed by atoms with Crippen molar-refractivity contribution in [3.63, 3.8) is 0 Å². The average molecular weight is 565 g/mol. The SMILES string of the molecule is C=CCCOC(=O)[C@H]1[C@H]2C(=O)N([C@@H](CO)Cc3ccccc3)C(C(=O)N(CC=C)C3CCCCC3)C23CC[C@]1(C)O3. The van der Waals surface area contributed by atoms with Crippen LogP contribution in [0.25, 0.3) is 0 Å². The van der Waals surface area contributed by atoms with E-state index in [0.717, 1.165) is 37.7 Å². The summed E-state index contributed by atoms with van der Waals surface area (Å²) < 4.78 is 12.4. The molecule has 41 heavy (non-hydrogen) atoms. The normalized spacial score (nSPS) is 31.5. The standard InChI is InChI=1S/C33H44N2O6/c1-4-6-20-40-31(39)27-26-29(37)35(25(22-36)21-23-13-9-7-10-14-23)28(33(26)18-17-32(27,3)41-33)30(38)34(19-5-2)24-15-11-8-12-16-24/h4-5,7,9-10,13-14,24-28,36H,1-2,6,8,11-12,15-22H2,3H3/t25-,26+,27-,28?,32+,33?/m1/s1. The Morgan fingerprint density at radius 2 is 1.90 bits per heavy atom. The van der Waals surface area contributed by atoms with Gasteiger partial charge in [-0.15, -0.1) is 13.2 Å². The van der Waals surface area contributed by atoms with Crippen LogP contribution in [0.5, 0.6) is 0 Å². The van der Waals surface area contributed by atoms with Gasteiger partial charge in [0.1, 0.15) is 17.6 Å². The molecule has 3 heterocycles. The molecule has 8 nitrogen and oxygen atoms in total. The number of esters is 1. The molecule has 6 atom stereocenters. The number of amides is 2. The number of likely N-dealkylation sites (tertiary alicyclic amines) is 1. The van der Waals surface area contributed by atoms with Gasteiger partial charge in [-0.05, 0) is 51.0 Å². The van der Waals surface area contributed by atoms with Gasteiger partial charge in [-0.1, -0.05) is 61.7 Å². The average Bonchev–Trinajstić information content (AvgIpc) is 3.56. The van der Waals surface area contributed by atoms with E-state index in [1.165, 1.54) is 0 Å². The Labute approximate surface area is 243 Å². The summed E-state index contributed by atoms with van der Waals surface area (Å²) in [6.07, 6.45) is 10.4. The van der Waals surface area contributed by atoms with Crippen LogP contribution in [0.4, 0.5) is 0 Å². The van der Waals surface area contributed by atoms with Crippen molar-refractivity contribution in [3.05, 3.63) is 61.2 Å². The Hall–Kier alpha value is -2.97. The molecular weight excluding hydrogens is 520 g/mol. The topological polar surface area (TPSA) is 96.4 Å². The van der Waals surface area contributed by atoms with Crippen LogP contribution >= 0.6 is 0 Å². The lowest BCUT2D eigenvalue weighted by atomic mass is 9.66. The van der Waals surface area contributed by atoms with Crippen LogP contribution in [-0.2, 0) is 30.3 Å². The van der Waals surface area contributed by atoms with E-state index >= 15 is 0 Å². The van der Waals surface area contributed by atoms with Gasteiger partial charge >= 0.3 is 5.97 Å². The van der Waals surface area contributed by atoms with Gasteiger partial charge in [0.05, 0.1) is 30.8 Å². The fourth-order valence-corrected chi connectivity index (χ4v) is 7.97. The first-order chi connectivity index (χ1) is 19.8. The summed E-state index contributed by atoms with van der Waals surface area (Å²) in [6, 6.07) is 8.11. The van der Waals surface area contributed by atoms with Gasteiger partial charge in [-0.3, -0.25) is 14.4 Å². The first-order valence-corrected chi connectivity index (χ1v) is 15.2. The zero-order valence-corrected chi connectivity index (χ0v) is 24.2. The number of hydrogen-bond donors (Lipinski definition) is 1. The van der Waals surface area contributed by atoms with E-state index in [1.54, 1.807) is 17.1 Å². The van der Waals surface area contributed by atoms with E-state index in [2.05, 4.69) is 13.2 Å². The Bertz CT molecular complexity index is 1150. The number of ether oxygens (including phenoxy) is 2. The van der Waals surface area contributed by atoms with Gasteiger partial charge in [0.2, 0.25) is 11.8 Å². The zero-order chi connectivity index (χ0) is 29.2. The third-order valence-corrected chi connectivity index (χ3v) is 9.81. The molecule has 1 aliphatic carbocycles. The Morgan fingerprint density at radius 1 is 1.17 bits per heavy atom. The second-order valence-electron chi connectivity index (χ2n) is 12.3. The minimum atomic E-state index is -1.16. The highest BCUT2D eigenvalue weighted by molar-refractivity contribution is 5.99. The molecule has 2 bridgehead atoms. The van der Waals surface area contributed by atoms with Crippen molar-refractivity contribution in [1.82, 2.24) is 9.80 Å². The maximum atomic E-state index is 14.8. The molecule has 5 rings (SSSR count). The van der Waals surface area contributed by atoms with Gasteiger partial charge in [0, 0.05) is 12.6 Å². The summed E-state index contributed by atoms with van der Waals surface area (Å²) in [5, 5.41) is 10.7. The van der Waals surface area contributed by atoms with E-state index in [1.807, 2.05) is 42.2 Å². The highest BCUT2D eigenvalue weighted by Gasteiger charge is 2.79. The number of rotatable bonds is 12. The molecule has 1 aromatic carbocycles. The lowest BCUT2D eigenvalue weighted by Crippen LogP contribution is -2.60. The summed E-state index contributed by atoms with van der Waals surface area (Å²) in [5.74, 6) is -2.64. The first-order valence-electron chi connectivity index (χ1n) is 15.2. The number of fused-ring (bicyclic) bond motifs is 1. The summed E-state index contributed by atoms with van der Waals surface area (Å²) in [7, 11) is 0. The van der Waals surface area contributed by atoms with Crippen LogP contribution in [-0.4, -0.2) is 81.8 Å². The Kier molecular flexibility index (Phi) is 8.71. The Balaban J connectivity index is 1.56. The maximum Gasteiger partial charge on any atom is 0.312 e. The molecule has 1 saturated carbocycles. The van der Waals surface area contributed by atoms with Gasteiger partial charge < -0.3 is 24.4 Å². The monoisotopic (exact) mass is 564 g/mol. The predicted molar refractivity (Wildman–Crippen MR) is 155 cm³/mol. The fraction of sp³-hybridized carbons (Fsp3) is 0.606. The number of carbonyl (C=O) groups excluding carboxylic acids is 3. The molecule has 1 aromatic rings.